The normalized spacial score (nSPS) is 11.8. The van der Waals surface area contributed by atoms with E-state index in [2.05, 4.69) is 10.3 Å². The highest BCUT2D eigenvalue weighted by molar-refractivity contribution is 7.14. The van der Waals surface area contributed by atoms with Crippen LogP contribution in [0.1, 0.15) is 6.92 Å². The first-order chi connectivity index (χ1) is 15.8. The maximum Gasteiger partial charge on any atom is 0.420 e. The number of carbonyl (C=O) groups excluding carboxylic acids is 2. The summed E-state index contributed by atoms with van der Waals surface area (Å²) >= 11 is 1.12. The summed E-state index contributed by atoms with van der Waals surface area (Å²) in [6.45, 7) is 0.972. The molecule has 0 saturated heterocycles. The molecule has 0 fully saturated rings. The first-order valence-electron chi connectivity index (χ1n) is 9.61. The van der Waals surface area contributed by atoms with Gasteiger partial charge in [-0.3, -0.25) is 29.6 Å². The number of nitro benzene ring substituents is 1. The van der Waals surface area contributed by atoms with Crippen LogP contribution in [0.15, 0.2) is 63.1 Å². The van der Waals surface area contributed by atoms with Crippen LogP contribution < -0.4 is 11.1 Å². The van der Waals surface area contributed by atoms with Gasteiger partial charge >= 0.3 is 11.7 Å². The molecule has 4 aromatic rings. The third-order valence-corrected chi connectivity index (χ3v) is 5.38. The van der Waals surface area contributed by atoms with Crippen molar-refractivity contribution in [3.8, 4) is 11.3 Å². The van der Waals surface area contributed by atoms with Crippen LogP contribution in [0.2, 0.25) is 0 Å². The molecule has 0 aliphatic carbocycles. The molecule has 0 spiro atoms. The van der Waals surface area contributed by atoms with Crippen LogP contribution in [0.25, 0.3) is 22.4 Å². The molecule has 168 valence electrons. The Labute approximate surface area is 189 Å². The summed E-state index contributed by atoms with van der Waals surface area (Å²) in [7, 11) is 0. The van der Waals surface area contributed by atoms with E-state index in [-0.39, 0.29) is 10.8 Å². The highest BCUT2D eigenvalue weighted by atomic mass is 32.1. The quantitative estimate of drug-likeness (QED) is 0.247. The number of aromatic nitrogens is 2. The number of rotatable bonds is 7. The number of nitrogens with one attached hydrogen (secondary N) is 1. The van der Waals surface area contributed by atoms with Crippen LogP contribution in [-0.2, 0) is 20.9 Å². The van der Waals surface area contributed by atoms with E-state index in [1.165, 1.54) is 19.1 Å². The summed E-state index contributed by atoms with van der Waals surface area (Å²) in [5.74, 6) is -2.11. The smallest absolute Gasteiger partial charge is 0.420 e. The van der Waals surface area contributed by atoms with E-state index >= 15 is 0 Å². The standard InChI is InChI=1S/C21H16N4O7S/c1-12(31-18(26)10-24-16-7-2-3-8-17(16)32-21(24)28)19(27)23-20-22-15(11-33-20)13-5-4-6-14(9-13)25(29)30/h2-9,11-12H,10H2,1H3,(H,22,23,27). The molecule has 1 atom stereocenters. The second kappa shape index (κ2) is 9.04. The predicted molar refractivity (Wildman–Crippen MR) is 119 cm³/mol. The van der Waals surface area contributed by atoms with E-state index in [9.17, 15) is 24.5 Å². The van der Waals surface area contributed by atoms with Gasteiger partial charge in [0.2, 0.25) is 0 Å². The third kappa shape index (κ3) is 4.80. The molecule has 12 heteroatoms. The molecule has 0 radical (unpaired) electrons. The zero-order chi connectivity index (χ0) is 23.5. The summed E-state index contributed by atoms with van der Waals surface area (Å²) in [4.78, 5) is 51.4. The molecule has 4 rings (SSSR count). The zero-order valence-electron chi connectivity index (χ0n) is 17.1. The lowest BCUT2D eigenvalue weighted by atomic mass is 10.1. The van der Waals surface area contributed by atoms with Crippen LogP contribution >= 0.6 is 11.3 Å². The third-order valence-electron chi connectivity index (χ3n) is 4.63. The number of oxazole rings is 1. The van der Waals surface area contributed by atoms with Gasteiger partial charge in [0.15, 0.2) is 16.8 Å². The number of carbonyl (C=O) groups is 2. The molecule has 2 aromatic carbocycles. The van der Waals surface area contributed by atoms with Crippen molar-refractivity contribution in [1.82, 2.24) is 9.55 Å². The molecule has 1 N–H and O–H groups in total. The van der Waals surface area contributed by atoms with E-state index in [4.69, 9.17) is 9.15 Å². The first kappa shape index (κ1) is 21.9. The number of fused-ring (bicyclic) bond motifs is 1. The number of non-ortho nitro benzene ring substituents is 1. The average molecular weight is 468 g/mol. The van der Waals surface area contributed by atoms with Crippen LogP contribution in [-0.4, -0.2) is 32.5 Å². The number of hydrogen-bond donors (Lipinski definition) is 1. The highest BCUT2D eigenvalue weighted by Crippen LogP contribution is 2.27. The van der Waals surface area contributed by atoms with Gasteiger partial charge in [-0.25, -0.2) is 9.78 Å². The van der Waals surface area contributed by atoms with Crippen molar-refractivity contribution in [2.45, 2.75) is 19.6 Å². The molecule has 2 heterocycles. The minimum Gasteiger partial charge on any atom is -0.451 e. The van der Waals surface area contributed by atoms with E-state index in [1.807, 2.05) is 0 Å². The van der Waals surface area contributed by atoms with E-state index in [0.717, 1.165) is 15.9 Å². The van der Waals surface area contributed by atoms with Crippen molar-refractivity contribution in [2.24, 2.45) is 0 Å². The average Bonchev–Trinajstić information content (AvgIpc) is 3.38. The SMILES string of the molecule is CC(OC(=O)Cn1c(=O)oc2ccccc21)C(=O)Nc1nc(-c2cccc([N+](=O)[O-])c2)cs1. The van der Waals surface area contributed by atoms with Crippen molar-refractivity contribution >= 4 is 45.1 Å². The van der Waals surface area contributed by atoms with Gasteiger partial charge in [-0.15, -0.1) is 11.3 Å². The van der Waals surface area contributed by atoms with Crippen molar-refractivity contribution < 1.29 is 23.7 Å². The lowest BCUT2D eigenvalue weighted by Crippen LogP contribution is -2.32. The maximum absolute atomic E-state index is 12.4. The molecule has 33 heavy (non-hydrogen) atoms. The number of para-hydroxylation sites is 2. The first-order valence-corrected chi connectivity index (χ1v) is 10.5. The molecule has 11 nitrogen and oxygen atoms in total. The number of hydrogen-bond acceptors (Lipinski definition) is 9. The van der Waals surface area contributed by atoms with Gasteiger partial charge in [0, 0.05) is 23.1 Å². The summed E-state index contributed by atoms with van der Waals surface area (Å²) in [6, 6.07) is 12.6. The number of anilines is 1. The molecule has 0 aliphatic rings. The predicted octanol–water partition coefficient (Wildman–Crippen LogP) is 3.20. The number of benzene rings is 2. The van der Waals surface area contributed by atoms with Crippen molar-refractivity contribution in [3.05, 3.63) is 74.6 Å². The van der Waals surface area contributed by atoms with Crippen molar-refractivity contribution in [2.75, 3.05) is 5.32 Å². The van der Waals surface area contributed by atoms with E-state index in [0.29, 0.717) is 22.4 Å². The molecular formula is C21H16N4O7S. The fraction of sp³-hybridized carbons (Fsp3) is 0.143. The minimum atomic E-state index is -1.16. The molecular weight excluding hydrogens is 452 g/mol. The second-order valence-electron chi connectivity index (χ2n) is 6.89. The zero-order valence-corrected chi connectivity index (χ0v) is 17.9. The maximum atomic E-state index is 12.4. The van der Waals surface area contributed by atoms with Gasteiger partial charge in [0.05, 0.1) is 16.1 Å². The Bertz CT molecular complexity index is 1420. The van der Waals surface area contributed by atoms with Crippen LogP contribution in [0.5, 0.6) is 0 Å². The van der Waals surface area contributed by atoms with Crippen LogP contribution in [0.3, 0.4) is 0 Å². The Morgan fingerprint density at radius 2 is 2.06 bits per heavy atom. The summed E-state index contributed by atoms with van der Waals surface area (Å²) in [5.41, 5.74) is 1.68. The van der Waals surface area contributed by atoms with Crippen LogP contribution in [0, 0.1) is 10.1 Å². The molecule has 0 aliphatic heterocycles. The number of nitro groups is 1. The number of amides is 1. The Hall–Kier alpha value is -4.32. The summed E-state index contributed by atoms with van der Waals surface area (Å²) < 4.78 is 11.3. The van der Waals surface area contributed by atoms with Gasteiger partial charge in [0.1, 0.15) is 6.54 Å². The number of thiazole rings is 1. The van der Waals surface area contributed by atoms with Gasteiger partial charge in [-0.05, 0) is 19.1 Å². The Morgan fingerprint density at radius 3 is 2.85 bits per heavy atom. The Kier molecular flexibility index (Phi) is 6.00. The minimum absolute atomic E-state index is 0.0730. The van der Waals surface area contributed by atoms with Crippen LogP contribution in [0.4, 0.5) is 10.8 Å². The largest absolute Gasteiger partial charge is 0.451 e. The van der Waals surface area contributed by atoms with Gasteiger partial charge < -0.3 is 9.15 Å². The molecule has 2 aromatic heterocycles. The molecule has 0 saturated carbocycles. The molecule has 1 unspecified atom stereocenters. The topological polar surface area (TPSA) is 147 Å². The molecule has 0 bridgehead atoms. The van der Waals surface area contributed by atoms with Gasteiger partial charge in [-0.2, -0.15) is 0 Å². The number of ether oxygens (including phenoxy) is 1. The fourth-order valence-corrected chi connectivity index (χ4v) is 3.75. The van der Waals surface area contributed by atoms with Crippen molar-refractivity contribution in [1.29, 1.82) is 0 Å². The van der Waals surface area contributed by atoms with E-state index < -0.39 is 35.2 Å². The van der Waals surface area contributed by atoms with Gasteiger partial charge in [-0.1, -0.05) is 24.3 Å². The summed E-state index contributed by atoms with van der Waals surface area (Å²) in [5, 5.41) is 15.4. The summed E-state index contributed by atoms with van der Waals surface area (Å²) in [6.07, 6.45) is -1.16. The van der Waals surface area contributed by atoms with Crippen molar-refractivity contribution in [3.63, 3.8) is 0 Å². The van der Waals surface area contributed by atoms with E-state index in [1.54, 1.807) is 41.8 Å². The van der Waals surface area contributed by atoms with Gasteiger partial charge in [0.25, 0.3) is 11.6 Å². The Morgan fingerprint density at radius 1 is 1.27 bits per heavy atom. The second-order valence-corrected chi connectivity index (χ2v) is 7.75. The number of nitrogens with zero attached hydrogens (tertiary/aromatic N) is 3. The monoisotopic (exact) mass is 468 g/mol. The Balaban J connectivity index is 1.38. The highest BCUT2D eigenvalue weighted by Gasteiger charge is 2.21. The number of esters is 1. The lowest BCUT2D eigenvalue weighted by molar-refractivity contribution is -0.384. The lowest BCUT2D eigenvalue weighted by Gasteiger charge is -2.12. The molecule has 1 amide bonds. The fourth-order valence-electron chi connectivity index (χ4n) is 3.03.